The molecule has 0 aliphatic carbocycles. The highest BCUT2D eigenvalue weighted by Crippen LogP contribution is 2.24. The van der Waals surface area contributed by atoms with E-state index in [0.29, 0.717) is 17.8 Å². The first kappa shape index (κ1) is 21.4. The van der Waals surface area contributed by atoms with E-state index < -0.39 is 14.6 Å². The summed E-state index contributed by atoms with van der Waals surface area (Å²) < 4.78 is 24.0. The van der Waals surface area contributed by atoms with E-state index in [-0.39, 0.29) is 10.9 Å². The van der Waals surface area contributed by atoms with Crippen molar-refractivity contribution in [1.82, 2.24) is 9.97 Å². The summed E-state index contributed by atoms with van der Waals surface area (Å²) in [6, 6.07) is 14.0. The van der Waals surface area contributed by atoms with Crippen molar-refractivity contribution < 1.29 is 13.2 Å². The fraction of sp³-hybridized carbons (Fsp3) is 0.227. The van der Waals surface area contributed by atoms with Gasteiger partial charge in [0, 0.05) is 30.2 Å². The number of hydrogen-bond donors (Lipinski definition) is 2. The van der Waals surface area contributed by atoms with E-state index in [9.17, 15) is 13.2 Å². The van der Waals surface area contributed by atoms with Crippen LogP contribution in [0.2, 0.25) is 0 Å². The first-order valence-corrected chi connectivity index (χ1v) is 10.9. The maximum absolute atomic E-state index is 12.4. The van der Waals surface area contributed by atoms with Crippen molar-refractivity contribution >= 4 is 27.1 Å². The predicted molar refractivity (Wildman–Crippen MR) is 117 cm³/mol. The summed E-state index contributed by atoms with van der Waals surface area (Å²) in [5.74, 6) is -0.195. The molecule has 2 heterocycles. The standard InChI is InChI=1S/C22H24N4O3S/c1-22(2,3)30(28,29)20-9-8-19(15-25-20)24-14-16-4-6-18(7-5-16)26-21(27)17-10-12-23-13-11-17/h4-13,15,24H,14H2,1-3H3,(H,26,27). The number of carbonyl (C=O) groups is 1. The molecular formula is C22H24N4O3S. The third-order valence-electron chi connectivity index (χ3n) is 4.47. The number of rotatable bonds is 6. The molecule has 3 rings (SSSR count). The molecule has 2 N–H and O–H groups in total. The van der Waals surface area contributed by atoms with Crippen molar-refractivity contribution in [3.05, 3.63) is 78.2 Å². The van der Waals surface area contributed by atoms with Crippen molar-refractivity contribution in [3.8, 4) is 0 Å². The summed E-state index contributed by atoms with van der Waals surface area (Å²) in [4.78, 5) is 20.2. The van der Waals surface area contributed by atoms with Crippen LogP contribution in [0.15, 0.2) is 72.1 Å². The van der Waals surface area contributed by atoms with Gasteiger partial charge in [0.05, 0.1) is 16.6 Å². The molecule has 0 saturated heterocycles. The van der Waals surface area contributed by atoms with E-state index in [1.807, 2.05) is 24.3 Å². The molecule has 8 heteroatoms. The third-order valence-corrected chi connectivity index (χ3v) is 6.87. The number of nitrogens with one attached hydrogen (secondary N) is 2. The average molecular weight is 425 g/mol. The Morgan fingerprint density at radius 1 is 0.933 bits per heavy atom. The second-order valence-electron chi connectivity index (χ2n) is 7.74. The van der Waals surface area contributed by atoms with Crippen LogP contribution in [0.25, 0.3) is 0 Å². The number of anilines is 2. The van der Waals surface area contributed by atoms with Gasteiger partial charge in [0.2, 0.25) is 0 Å². The number of aromatic nitrogens is 2. The van der Waals surface area contributed by atoms with Crippen molar-refractivity contribution in [3.63, 3.8) is 0 Å². The summed E-state index contributed by atoms with van der Waals surface area (Å²) >= 11 is 0. The highest BCUT2D eigenvalue weighted by molar-refractivity contribution is 7.92. The molecular weight excluding hydrogens is 400 g/mol. The fourth-order valence-electron chi connectivity index (χ4n) is 2.57. The van der Waals surface area contributed by atoms with Crippen LogP contribution in [0.3, 0.4) is 0 Å². The lowest BCUT2D eigenvalue weighted by atomic mass is 10.2. The van der Waals surface area contributed by atoms with Crippen LogP contribution in [0.4, 0.5) is 11.4 Å². The zero-order valence-corrected chi connectivity index (χ0v) is 17.9. The predicted octanol–water partition coefficient (Wildman–Crippen LogP) is 3.91. The molecule has 30 heavy (non-hydrogen) atoms. The third kappa shape index (κ3) is 5.01. The molecule has 0 saturated carbocycles. The molecule has 0 unspecified atom stereocenters. The zero-order valence-electron chi connectivity index (χ0n) is 17.1. The molecule has 1 amide bonds. The van der Waals surface area contributed by atoms with Gasteiger partial charge < -0.3 is 10.6 Å². The smallest absolute Gasteiger partial charge is 0.255 e. The average Bonchev–Trinajstić information content (AvgIpc) is 2.73. The lowest BCUT2D eigenvalue weighted by Gasteiger charge is -2.18. The summed E-state index contributed by atoms with van der Waals surface area (Å²) in [5, 5.41) is 6.12. The second-order valence-corrected chi connectivity index (χ2v) is 10.4. The summed E-state index contributed by atoms with van der Waals surface area (Å²) in [6.07, 6.45) is 4.66. The lowest BCUT2D eigenvalue weighted by Crippen LogP contribution is -2.28. The minimum atomic E-state index is -3.47. The number of nitrogens with zero attached hydrogens (tertiary/aromatic N) is 2. The minimum Gasteiger partial charge on any atom is -0.380 e. The molecule has 0 aliphatic rings. The zero-order chi connectivity index (χ0) is 21.8. The van der Waals surface area contributed by atoms with E-state index in [0.717, 1.165) is 11.3 Å². The molecule has 3 aromatic rings. The molecule has 0 fully saturated rings. The Kier molecular flexibility index (Phi) is 6.17. The van der Waals surface area contributed by atoms with Gasteiger partial charge in [-0.2, -0.15) is 0 Å². The summed E-state index contributed by atoms with van der Waals surface area (Å²) in [6.45, 7) is 5.49. The van der Waals surface area contributed by atoms with Crippen LogP contribution in [0.5, 0.6) is 0 Å². The molecule has 156 valence electrons. The highest BCUT2D eigenvalue weighted by atomic mass is 32.2. The molecule has 7 nitrogen and oxygen atoms in total. The van der Waals surface area contributed by atoms with Crippen molar-refractivity contribution in [2.24, 2.45) is 0 Å². The molecule has 0 aliphatic heterocycles. The van der Waals surface area contributed by atoms with E-state index in [1.165, 1.54) is 12.3 Å². The fourth-order valence-corrected chi connectivity index (χ4v) is 3.64. The number of benzene rings is 1. The molecule has 0 bridgehead atoms. The quantitative estimate of drug-likeness (QED) is 0.622. The molecule has 0 atom stereocenters. The van der Waals surface area contributed by atoms with Crippen LogP contribution < -0.4 is 10.6 Å². The van der Waals surface area contributed by atoms with Crippen molar-refractivity contribution in [2.75, 3.05) is 10.6 Å². The second kappa shape index (κ2) is 8.62. The minimum absolute atomic E-state index is 0.0647. The Bertz CT molecular complexity index is 1110. The normalized spacial score (nSPS) is 11.7. The van der Waals surface area contributed by atoms with Crippen LogP contribution in [0, 0.1) is 0 Å². The van der Waals surface area contributed by atoms with E-state index in [2.05, 4.69) is 20.6 Å². The lowest BCUT2D eigenvalue weighted by molar-refractivity contribution is 0.102. The van der Waals surface area contributed by atoms with Crippen LogP contribution in [0.1, 0.15) is 36.7 Å². The van der Waals surface area contributed by atoms with Crippen LogP contribution in [-0.4, -0.2) is 29.0 Å². The Labute approximate surface area is 176 Å². The van der Waals surface area contributed by atoms with Gasteiger partial charge in [-0.15, -0.1) is 0 Å². The van der Waals surface area contributed by atoms with Gasteiger partial charge in [0.15, 0.2) is 14.9 Å². The Hall–Kier alpha value is -3.26. The van der Waals surface area contributed by atoms with E-state index >= 15 is 0 Å². The maximum Gasteiger partial charge on any atom is 0.255 e. The molecule has 2 aromatic heterocycles. The number of sulfone groups is 1. The van der Waals surface area contributed by atoms with Crippen LogP contribution >= 0.6 is 0 Å². The Morgan fingerprint density at radius 2 is 1.57 bits per heavy atom. The maximum atomic E-state index is 12.4. The van der Waals surface area contributed by atoms with Gasteiger partial charge in [0.1, 0.15) is 0 Å². The monoisotopic (exact) mass is 424 g/mol. The van der Waals surface area contributed by atoms with Gasteiger partial charge in [-0.1, -0.05) is 12.1 Å². The largest absolute Gasteiger partial charge is 0.380 e. The Balaban J connectivity index is 1.58. The van der Waals surface area contributed by atoms with Gasteiger partial charge in [-0.3, -0.25) is 9.78 Å². The number of hydrogen-bond acceptors (Lipinski definition) is 6. The number of pyridine rings is 2. The molecule has 0 spiro atoms. The van der Waals surface area contributed by atoms with Crippen molar-refractivity contribution in [1.29, 1.82) is 0 Å². The summed E-state index contributed by atoms with van der Waals surface area (Å²) in [5.41, 5.74) is 2.96. The van der Waals surface area contributed by atoms with E-state index in [4.69, 9.17) is 0 Å². The van der Waals surface area contributed by atoms with E-state index in [1.54, 1.807) is 51.4 Å². The first-order valence-electron chi connectivity index (χ1n) is 9.42. The topological polar surface area (TPSA) is 101 Å². The van der Waals surface area contributed by atoms with Gasteiger partial charge in [0.25, 0.3) is 5.91 Å². The van der Waals surface area contributed by atoms with Gasteiger partial charge in [-0.05, 0) is 62.7 Å². The number of amides is 1. The Morgan fingerprint density at radius 3 is 2.13 bits per heavy atom. The van der Waals surface area contributed by atoms with Crippen molar-refractivity contribution in [2.45, 2.75) is 37.1 Å². The first-order chi connectivity index (χ1) is 14.2. The highest BCUT2D eigenvalue weighted by Gasteiger charge is 2.31. The summed E-state index contributed by atoms with van der Waals surface area (Å²) in [7, 11) is -3.47. The van der Waals surface area contributed by atoms with Gasteiger partial charge in [-0.25, -0.2) is 13.4 Å². The SMILES string of the molecule is CC(C)(C)S(=O)(=O)c1ccc(NCc2ccc(NC(=O)c3ccncc3)cc2)cn1. The molecule has 1 aromatic carbocycles. The van der Waals surface area contributed by atoms with Crippen LogP contribution in [-0.2, 0) is 16.4 Å². The molecule has 0 radical (unpaired) electrons. The van der Waals surface area contributed by atoms with Gasteiger partial charge >= 0.3 is 0 Å². The number of carbonyl (C=O) groups excluding carboxylic acids is 1.